The number of carboxylic acid groups (broad SMARTS) is 1. The summed E-state index contributed by atoms with van der Waals surface area (Å²) >= 11 is 0. The molecule has 0 aromatic heterocycles. The molecule has 5 heteroatoms. The maximum Gasteiger partial charge on any atom is 0.323 e. The van der Waals surface area contributed by atoms with Crippen LogP contribution < -0.4 is 5.32 Å². The summed E-state index contributed by atoms with van der Waals surface area (Å²) in [5, 5.41) is 11.9. The van der Waals surface area contributed by atoms with E-state index in [1.165, 1.54) is 6.07 Å². The number of aliphatic carboxylic acids is 1. The summed E-state index contributed by atoms with van der Waals surface area (Å²) in [6.07, 6.45) is 0.684. The van der Waals surface area contributed by atoms with E-state index in [0.717, 1.165) is 12.1 Å². The lowest BCUT2D eigenvalue weighted by atomic mass is 9.92. The van der Waals surface area contributed by atoms with Crippen molar-refractivity contribution in [3.8, 4) is 0 Å². The molecule has 1 aromatic rings. The Morgan fingerprint density at radius 3 is 2.17 bits per heavy atom. The lowest BCUT2D eigenvalue weighted by Crippen LogP contribution is -2.50. The minimum atomic E-state index is -1.14. The first kappa shape index (κ1) is 14.6. The fourth-order valence-corrected chi connectivity index (χ4v) is 1.84. The fourth-order valence-electron chi connectivity index (χ4n) is 1.84. The highest BCUT2D eigenvalue weighted by Crippen LogP contribution is 2.18. The van der Waals surface area contributed by atoms with Crippen LogP contribution in [-0.2, 0) is 11.3 Å². The first-order valence-electron chi connectivity index (χ1n) is 5.88. The molecule has 1 aromatic carbocycles. The van der Waals surface area contributed by atoms with Gasteiger partial charge < -0.3 is 5.11 Å². The summed E-state index contributed by atoms with van der Waals surface area (Å²) in [4.78, 5) is 11.2. The van der Waals surface area contributed by atoms with Gasteiger partial charge in [0.1, 0.15) is 17.2 Å². The number of hydrogen-bond donors (Lipinski definition) is 2. The van der Waals surface area contributed by atoms with Gasteiger partial charge >= 0.3 is 5.97 Å². The highest BCUT2D eigenvalue weighted by molar-refractivity contribution is 5.78. The van der Waals surface area contributed by atoms with Crippen molar-refractivity contribution in [3.05, 3.63) is 35.4 Å². The molecule has 0 unspecified atom stereocenters. The van der Waals surface area contributed by atoms with Gasteiger partial charge in [0.2, 0.25) is 0 Å². The van der Waals surface area contributed by atoms with Crippen LogP contribution in [0.1, 0.15) is 32.3 Å². The summed E-state index contributed by atoms with van der Waals surface area (Å²) in [5.41, 5.74) is -1.28. The third-order valence-corrected chi connectivity index (χ3v) is 3.28. The van der Waals surface area contributed by atoms with Gasteiger partial charge in [-0.25, -0.2) is 8.78 Å². The normalized spacial score (nSPS) is 11.6. The van der Waals surface area contributed by atoms with E-state index in [-0.39, 0.29) is 12.1 Å². The summed E-state index contributed by atoms with van der Waals surface area (Å²) in [7, 11) is 0. The molecule has 0 spiro atoms. The van der Waals surface area contributed by atoms with Crippen LogP contribution in [0.15, 0.2) is 18.2 Å². The van der Waals surface area contributed by atoms with Crippen molar-refractivity contribution in [1.29, 1.82) is 0 Å². The minimum Gasteiger partial charge on any atom is -0.480 e. The molecular weight excluding hydrogens is 240 g/mol. The number of halogens is 2. The molecule has 0 aliphatic rings. The molecule has 0 saturated carbocycles. The molecule has 0 bridgehead atoms. The van der Waals surface area contributed by atoms with Crippen molar-refractivity contribution in [1.82, 2.24) is 5.32 Å². The average molecular weight is 257 g/mol. The van der Waals surface area contributed by atoms with Crippen molar-refractivity contribution < 1.29 is 18.7 Å². The Labute approximate surface area is 105 Å². The molecule has 100 valence electrons. The van der Waals surface area contributed by atoms with Crippen LogP contribution in [-0.4, -0.2) is 16.6 Å². The molecule has 0 aliphatic heterocycles. The second-order valence-corrected chi connectivity index (χ2v) is 4.15. The quantitative estimate of drug-likeness (QED) is 0.823. The Kier molecular flexibility index (Phi) is 4.78. The summed E-state index contributed by atoms with van der Waals surface area (Å²) in [5.74, 6) is -2.35. The van der Waals surface area contributed by atoms with E-state index in [0.29, 0.717) is 12.8 Å². The number of carboxylic acids is 1. The van der Waals surface area contributed by atoms with E-state index >= 15 is 0 Å². The van der Waals surface area contributed by atoms with Crippen molar-refractivity contribution in [3.63, 3.8) is 0 Å². The molecule has 0 heterocycles. The number of nitrogens with one attached hydrogen (secondary N) is 1. The minimum absolute atomic E-state index is 0.134. The van der Waals surface area contributed by atoms with Crippen LogP contribution in [0.3, 0.4) is 0 Å². The van der Waals surface area contributed by atoms with Crippen molar-refractivity contribution in [2.45, 2.75) is 38.8 Å². The van der Waals surface area contributed by atoms with Gasteiger partial charge in [-0.2, -0.15) is 0 Å². The smallest absolute Gasteiger partial charge is 0.323 e. The van der Waals surface area contributed by atoms with Gasteiger partial charge in [0.25, 0.3) is 0 Å². The zero-order valence-corrected chi connectivity index (χ0v) is 10.5. The Morgan fingerprint density at radius 1 is 1.28 bits per heavy atom. The molecular formula is C13H17F2NO2. The average Bonchev–Trinajstić information content (AvgIpc) is 2.33. The Bertz CT molecular complexity index is 411. The maximum atomic E-state index is 13.4. The van der Waals surface area contributed by atoms with Crippen molar-refractivity contribution in [2.75, 3.05) is 0 Å². The van der Waals surface area contributed by atoms with Gasteiger partial charge in [0.15, 0.2) is 0 Å². The van der Waals surface area contributed by atoms with Gasteiger partial charge in [-0.05, 0) is 25.0 Å². The predicted molar refractivity (Wildman–Crippen MR) is 64.1 cm³/mol. The van der Waals surface area contributed by atoms with Gasteiger partial charge in [0, 0.05) is 12.1 Å². The molecule has 1 rings (SSSR count). The molecule has 3 nitrogen and oxygen atoms in total. The Morgan fingerprint density at radius 2 is 1.78 bits per heavy atom. The molecule has 0 radical (unpaired) electrons. The number of carbonyl (C=O) groups is 1. The second kappa shape index (κ2) is 5.91. The number of benzene rings is 1. The molecule has 18 heavy (non-hydrogen) atoms. The van der Waals surface area contributed by atoms with Crippen LogP contribution in [0.25, 0.3) is 0 Å². The van der Waals surface area contributed by atoms with E-state index in [4.69, 9.17) is 0 Å². The van der Waals surface area contributed by atoms with E-state index in [1.54, 1.807) is 13.8 Å². The zero-order chi connectivity index (χ0) is 13.8. The second-order valence-electron chi connectivity index (χ2n) is 4.15. The highest BCUT2D eigenvalue weighted by Gasteiger charge is 2.34. The van der Waals surface area contributed by atoms with Crippen LogP contribution in [0, 0.1) is 11.6 Å². The van der Waals surface area contributed by atoms with E-state index in [9.17, 15) is 18.7 Å². The zero-order valence-electron chi connectivity index (χ0n) is 10.5. The first-order valence-corrected chi connectivity index (χ1v) is 5.88. The van der Waals surface area contributed by atoms with Crippen LogP contribution in [0.5, 0.6) is 0 Å². The van der Waals surface area contributed by atoms with Crippen LogP contribution >= 0.6 is 0 Å². The van der Waals surface area contributed by atoms with Gasteiger partial charge in [-0.3, -0.25) is 10.1 Å². The van der Waals surface area contributed by atoms with Crippen LogP contribution in [0.4, 0.5) is 8.78 Å². The molecule has 0 atom stereocenters. The van der Waals surface area contributed by atoms with E-state index in [2.05, 4.69) is 5.32 Å². The van der Waals surface area contributed by atoms with Crippen molar-refractivity contribution in [2.24, 2.45) is 0 Å². The van der Waals surface area contributed by atoms with Crippen molar-refractivity contribution >= 4 is 5.97 Å². The topological polar surface area (TPSA) is 49.3 Å². The van der Waals surface area contributed by atoms with E-state index < -0.39 is 23.1 Å². The third kappa shape index (κ3) is 2.85. The standard InChI is InChI=1S/C13H17F2NO2/c1-3-13(4-2,12(17)18)16-8-9-10(14)6-5-7-11(9)15/h5-7,16H,3-4,8H2,1-2H3,(H,17,18). The van der Waals surface area contributed by atoms with Gasteiger partial charge in [-0.1, -0.05) is 19.9 Å². The Hall–Kier alpha value is -1.49. The van der Waals surface area contributed by atoms with Crippen LogP contribution in [0.2, 0.25) is 0 Å². The SMILES string of the molecule is CCC(CC)(NCc1c(F)cccc1F)C(=O)O. The Balaban J connectivity index is 2.89. The monoisotopic (exact) mass is 257 g/mol. The highest BCUT2D eigenvalue weighted by atomic mass is 19.1. The predicted octanol–water partition coefficient (Wildman–Crippen LogP) is 2.70. The number of rotatable bonds is 6. The molecule has 2 N–H and O–H groups in total. The number of hydrogen-bond acceptors (Lipinski definition) is 2. The first-order chi connectivity index (χ1) is 8.46. The lowest BCUT2D eigenvalue weighted by Gasteiger charge is -2.28. The summed E-state index contributed by atoms with van der Waals surface area (Å²) in [6.45, 7) is 3.30. The molecule has 0 amide bonds. The summed E-state index contributed by atoms with van der Waals surface area (Å²) in [6, 6.07) is 3.58. The summed E-state index contributed by atoms with van der Waals surface area (Å²) < 4.78 is 26.8. The maximum absolute atomic E-state index is 13.4. The lowest BCUT2D eigenvalue weighted by molar-refractivity contribution is -0.145. The molecule has 0 fully saturated rings. The molecule has 0 aliphatic carbocycles. The van der Waals surface area contributed by atoms with Gasteiger partial charge in [0.05, 0.1) is 0 Å². The molecule has 0 saturated heterocycles. The fraction of sp³-hybridized carbons (Fsp3) is 0.462. The third-order valence-electron chi connectivity index (χ3n) is 3.28. The van der Waals surface area contributed by atoms with Gasteiger partial charge in [-0.15, -0.1) is 0 Å². The largest absolute Gasteiger partial charge is 0.480 e. The van der Waals surface area contributed by atoms with E-state index in [1.807, 2.05) is 0 Å².